The van der Waals surface area contributed by atoms with Crippen LogP contribution < -0.4 is 0 Å². The fourth-order valence-electron chi connectivity index (χ4n) is 8.62. The van der Waals surface area contributed by atoms with Crippen LogP contribution in [0.3, 0.4) is 0 Å². The molecule has 0 spiro atoms. The molecular formula is C56H108O6. The molecule has 0 radical (unpaired) electrons. The lowest BCUT2D eigenvalue weighted by atomic mass is 10.0. The van der Waals surface area contributed by atoms with Gasteiger partial charge in [0.15, 0.2) is 6.10 Å². The van der Waals surface area contributed by atoms with Crippen molar-refractivity contribution in [3.8, 4) is 0 Å². The summed E-state index contributed by atoms with van der Waals surface area (Å²) in [6, 6.07) is 0. The lowest BCUT2D eigenvalue weighted by Crippen LogP contribution is -2.30. The Balaban J connectivity index is 3.85. The summed E-state index contributed by atoms with van der Waals surface area (Å²) in [6.07, 6.45) is 57.3. The van der Waals surface area contributed by atoms with Crippen molar-refractivity contribution in [1.29, 1.82) is 0 Å². The number of esters is 3. The number of hydrogen-bond donors (Lipinski definition) is 0. The summed E-state index contributed by atoms with van der Waals surface area (Å²) < 4.78 is 16.7. The predicted octanol–water partition coefficient (Wildman–Crippen LogP) is 18.4. The molecule has 0 aliphatic rings. The topological polar surface area (TPSA) is 78.9 Å². The van der Waals surface area contributed by atoms with E-state index in [0.29, 0.717) is 19.3 Å². The van der Waals surface area contributed by atoms with E-state index in [0.717, 1.165) is 57.8 Å². The number of hydrogen-bond acceptors (Lipinski definition) is 6. The minimum atomic E-state index is -0.757. The lowest BCUT2D eigenvalue weighted by Gasteiger charge is -2.18. The van der Waals surface area contributed by atoms with E-state index in [1.165, 1.54) is 225 Å². The van der Waals surface area contributed by atoms with E-state index in [4.69, 9.17) is 14.2 Å². The van der Waals surface area contributed by atoms with Gasteiger partial charge in [-0.25, -0.2) is 0 Å². The molecule has 6 heteroatoms. The van der Waals surface area contributed by atoms with Gasteiger partial charge in [0.2, 0.25) is 0 Å². The van der Waals surface area contributed by atoms with Gasteiger partial charge in [-0.15, -0.1) is 0 Å². The second kappa shape index (κ2) is 52.0. The van der Waals surface area contributed by atoms with Gasteiger partial charge in [0.1, 0.15) is 13.2 Å². The summed E-state index contributed by atoms with van der Waals surface area (Å²) in [7, 11) is 0. The summed E-state index contributed by atoms with van der Waals surface area (Å²) in [5, 5.41) is 0. The van der Waals surface area contributed by atoms with Crippen molar-refractivity contribution in [2.45, 2.75) is 329 Å². The van der Waals surface area contributed by atoms with Gasteiger partial charge in [0, 0.05) is 19.3 Å². The van der Waals surface area contributed by atoms with Gasteiger partial charge in [-0.05, 0) is 19.3 Å². The fraction of sp³-hybridized carbons (Fsp3) is 0.946. The highest BCUT2D eigenvalue weighted by Crippen LogP contribution is 2.18. The minimum Gasteiger partial charge on any atom is -0.462 e. The average Bonchev–Trinajstić information content (AvgIpc) is 3.27. The van der Waals surface area contributed by atoms with Crippen LogP contribution in [-0.4, -0.2) is 37.2 Å². The number of ether oxygens (including phenoxy) is 3. The second-order valence-electron chi connectivity index (χ2n) is 19.2. The van der Waals surface area contributed by atoms with Crippen LogP contribution in [0.5, 0.6) is 0 Å². The first-order valence-electron chi connectivity index (χ1n) is 28.0. The second-order valence-corrected chi connectivity index (χ2v) is 19.2. The van der Waals surface area contributed by atoms with Crippen molar-refractivity contribution in [2.75, 3.05) is 13.2 Å². The molecule has 0 bridgehead atoms. The molecule has 0 aromatic carbocycles. The highest BCUT2D eigenvalue weighted by molar-refractivity contribution is 5.71. The molecular weight excluding hydrogens is 769 g/mol. The first-order valence-corrected chi connectivity index (χ1v) is 28.0. The summed E-state index contributed by atoms with van der Waals surface area (Å²) in [4.78, 5) is 37.6. The van der Waals surface area contributed by atoms with Crippen molar-refractivity contribution < 1.29 is 28.6 Å². The Morgan fingerprint density at radius 2 is 0.435 bits per heavy atom. The maximum absolute atomic E-state index is 12.7. The molecule has 0 fully saturated rings. The van der Waals surface area contributed by atoms with E-state index in [-0.39, 0.29) is 31.1 Å². The van der Waals surface area contributed by atoms with Crippen molar-refractivity contribution in [3.05, 3.63) is 0 Å². The van der Waals surface area contributed by atoms with Crippen LogP contribution in [0.4, 0.5) is 0 Å². The quantitative estimate of drug-likeness (QED) is 0.0344. The predicted molar refractivity (Wildman–Crippen MR) is 266 cm³/mol. The molecule has 0 rings (SSSR count). The van der Waals surface area contributed by atoms with E-state index >= 15 is 0 Å². The Hall–Kier alpha value is -1.59. The Morgan fingerprint density at radius 1 is 0.258 bits per heavy atom. The van der Waals surface area contributed by atoms with Gasteiger partial charge in [0.05, 0.1) is 0 Å². The molecule has 0 aromatic heterocycles. The minimum absolute atomic E-state index is 0.0633. The largest absolute Gasteiger partial charge is 0.462 e. The molecule has 0 aromatic rings. The first kappa shape index (κ1) is 60.4. The van der Waals surface area contributed by atoms with E-state index < -0.39 is 6.10 Å². The van der Waals surface area contributed by atoms with Gasteiger partial charge in [0.25, 0.3) is 0 Å². The summed E-state index contributed by atoms with van der Waals surface area (Å²) in [5.41, 5.74) is 0. The van der Waals surface area contributed by atoms with Crippen LogP contribution in [-0.2, 0) is 28.6 Å². The molecule has 6 nitrogen and oxygen atoms in total. The van der Waals surface area contributed by atoms with E-state index in [1.54, 1.807) is 0 Å². The van der Waals surface area contributed by atoms with Crippen molar-refractivity contribution in [3.63, 3.8) is 0 Å². The number of carbonyl (C=O) groups excluding carboxylic acids is 3. The fourth-order valence-corrected chi connectivity index (χ4v) is 8.62. The molecule has 0 amide bonds. The van der Waals surface area contributed by atoms with E-state index in [1.807, 2.05) is 0 Å². The first-order chi connectivity index (χ1) is 30.5. The molecule has 368 valence electrons. The highest BCUT2D eigenvalue weighted by atomic mass is 16.6. The Bertz CT molecular complexity index is 920. The zero-order valence-corrected chi connectivity index (χ0v) is 42.2. The molecule has 0 N–H and O–H groups in total. The maximum atomic E-state index is 12.7. The molecule has 62 heavy (non-hydrogen) atoms. The normalized spacial score (nSPS) is 11.9. The third-order valence-electron chi connectivity index (χ3n) is 12.9. The van der Waals surface area contributed by atoms with Gasteiger partial charge < -0.3 is 14.2 Å². The summed E-state index contributed by atoms with van der Waals surface area (Å²) in [6.45, 7) is 6.60. The van der Waals surface area contributed by atoms with Crippen LogP contribution in [0, 0.1) is 0 Å². The van der Waals surface area contributed by atoms with Crippen molar-refractivity contribution in [1.82, 2.24) is 0 Å². The van der Waals surface area contributed by atoms with Gasteiger partial charge in [-0.1, -0.05) is 284 Å². The van der Waals surface area contributed by atoms with Crippen molar-refractivity contribution in [2.24, 2.45) is 0 Å². The number of unbranched alkanes of at least 4 members (excludes halogenated alkanes) is 41. The van der Waals surface area contributed by atoms with Gasteiger partial charge in [-0.2, -0.15) is 0 Å². The van der Waals surface area contributed by atoms with Crippen LogP contribution in [0.25, 0.3) is 0 Å². The van der Waals surface area contributed by atoms with Crippen LogP contribution in [0.15, 0.2) is 0 Å². The molecule has 0 aliphatic carbocycles. The molecule has 0 heterocycles. The third kappa shape index (κ3) is 49.4. The smallest absolute Gasteiger partial charge is 0.306 e. The molecule has 0 saturated carbocycles. The SMILES string of the molecule is CCCCCCCCCCCCCCCCCCCCCCCCCCCCCCCC(=O)OCC(COC(=O)CCCCCCCC)OC(=O)CCCCCCCCCCC. The van der Waals surface area contributed by atoms with E-state index in [9.17, 15) is 14.4 Å². The number of rotatable bonds is 52. The molecule has 1 atom stereocenters. The van der Waals surface area contributed by atoms with Crippen LogP contribution in [0.1, 0.15) is 323 Å². The molecule has 0 aliphatic heterocycles. The Kier molecular flexibility index (Phi) is 50.7. The Morgan fingerprint density at radius 3 is 0.645 bits per heavy atom. The van der Waals surface area contributed by atoms with E-state index in [2.05, 4.69) is 20.8 Å². The van der Waals surface area contributed by atoms with Gasteiger partial charge >= 0.3 is 17.9 Å². The monoisotopic (exact) mass is 877 g/mol. The van der Waals surface area contributed by atoms with Crippen molar-refractivity contribution >= 4 is 17.9 Å². The zero-order valence-electron chi connectivity index (χ0n) is 42.2. The van der Waals surface area contributed by atoms with Crippen LogP contribution >= 0.6 is 0 Å². The maximum Gasteiger partial charge on any atom is 0.306 e. The summed E-state index contributed by atoms with van der Waals surface area (Å²) >= 11 is 0. The highest BCUT2D eigenvalue weighted by Gasteiger charge is 2.19. The Labute approximate surface area is 387 Å². The third-order valence-corrected chi connectivity index (χ3v) is 12.9. The summed E-state index contributed by atoms with van der Waals surface area (Å²) in [5.74, 6) is -0.858. The molecule has 0 saturated heterocycles. The lowest BCUT2D eigenvalue weighted by molar-refractivity contribution is -0.167. The zero-order chi connectivity index (χ0) is 45.1. The average molecular weight is 877 g/mol. The van der Waals surface area contributed by atoms with Gasteiger partial charge in [-0.3, -0.25) is 14.4 Å². The molecule has 1 unspecified atom stereocenters. The number of carbonyl (C=O) groups is 3. The standard InChI is InChI=1S/C56H108O6/c1-4-7-10-13-16-18-19-20-21-22-23-24-25-26-27-28-29-30-31-32-33-34-35-36-37-39-40-43-46-49-55(58)61-52-53(51-60-54(57)48-45-42-15-12-9-6-3)62-56(59)50-47-44-41-38-17-14-11-8-5-2/h53H,4-52H2,1-3H3. The van der Waals surface area contributed by atoms with Crippen LogP contribution in [0.2, 0.25) is 0 Å².